The van der Waals surface area contributed by atoms with Crippen LogP contribution < -0.4 is 5.32 Å². The molecule has 1 fully saturated rings. The van der Waals surface area contributed by atoms with Gasteiger partial charge in [0.05, 0.1) is 16.2 Å². The number of halogens is 1. The van der Waals surface area contributed by atoms with Crippen molar-refractivity contribution in [1.82, 2.24) is 4.98 Å². The van der Waals surface area contributed by atoms with Crippen molar-refractivity contribution in [1.29, 1.82) is 0 Å². The highest BCUT2D eigenvalue weighted by molar-refractivity contribution is 6.35. The summed E-state index contributed by atoms with van der Waals surface area (Å²) < 4.78 is 0. The van der Waals surface area contributed by atoms with Crippen molar-refractivity contribution in [2.75, 3.05) is 5.32 Å². The lowest BCUT2D eigenvalue weighted by Gasteiger charge is -2.30. The Morgan fingerprint density at radius 2 is 2.20 bits per heavy atom. The predicted molar refractivity (Wildman–Crippen MR) is 86.4 cm³/mol. The van der Waals surface area contributed by atoms with Crippen LogP contribution in [0.3, 0.4) is 0 Å². The highest BCUT2D eigenvalue weighted by Gasteiger charge is 2.21. The molecule has 0 aliphatic heterocycles. The third-order valence-corrected chi connectivity index (χ3v) is 4.77. The molecule has 1 aliphatic rings. The minimum atomic E-state index is 0.570. The van der Waals surface area contributed by atoms with Crippen molar-refractivity contribution in [2.24, 2.45) is 5.92 Å². The molecule has 1 aromatic carbocycles. The van der Waals surface area contributed by atoms with Crippen LogP contribution in [0.1, 0.15) is 39.0 Å². The zero-order valence-electron chi connectivity index (χ0n) is 11.9. The van der Waals surface area contributed by atoms with Gasteiger partial charge in [-0.05, 0) is 43.0 Å². The third-order valence-electron chi connectivity index (χ3n) is 4.44. The number of hydrogen-bond acceptors (Lipinski definition) is 2. The molecule has 2 aromatic rings. The summed E-state index contributed by atoms with van der Waals surface area (Å²) in [6, 6.07) is 8.57. The largest absolute Gasteiger partial charge is 0.381 e. The van der Waals surface area contributed by atoms with E-state index in [1.165, 1.54) is 32.1 Å². The summed E-state index contributed by atoms with van der Waals surface area (Å²) in [4.78, 5) is 4.50. The van der Waals surface area contributed by atoms with Gasteiger partial charge in [-0.3, -0.25) is 4.98 Å². The van der Waals surface area contributed by atoms with Crippen LogP contribution >= 0.6 is 11.6 Å². The second-order valence-corrected chi connectivity index (χ2v) is 6.18. The zero-order chi connectivity index (χ0) is 13.9. The number of fused-ring (bicyclic) bond motifs is 1. The molecule has 0 radical (unpaired) electrons. The molecule has 2 unspecified atom stereocenters. The molecule has 3 heteroatoms. The molecule has 106 valence electrons. The monoisotopic (exact) mass is 288 g/mol. The fourth-order valence-corrected chi connectivity index (χ4v) is 3.48. The van der Waals surface area contributed by atoms with Crippen molar-refractivity contribution in [2.45, 2.75) is 45.1 Å². The molecule has 1 aliphatic carbocycles. The number of aromatic nitrogens is 1. The molecule has 1 N–H and O–H groups in total. The second-order valence-electron chi connectivity index (χ2n) is 5.78. The standard InChI is InChI=1S/C17H21ClN2/c1-2-12-5-3-6-13(11-12)20-16-9-8-15(18)14-7-4-10-19-17(14)16/h4,7-10,12-13,20H,2-3,5-6,11H2,1H3. The Bertz CT molecular complexity index is 597. The van der Waals surface area contributed by atoms with Crippen molar-refractivity contribution in [3.8, 4) is 0 Å². The maximum absolute atomic E-state index is 6.25. The molecule has 0 amide bonds. The summed E-state index contributed by atoms with van der Waals surface area (Å²) >= 11 is 6.25. The number of rotatable bonds is 3. The first-order chi connectivity index (χ1) is 9.78. The Morgan fingerprint density at radius 3 is 3.05 bits per heavy atom. The average molecular weight is 289 g/mol. The Balaban J connectivity index is 1.86. The van der Waals surface area contributed by atoms with Crippen LogP contribution in [0, 0.1) is 5.92 Å². The number of pyridine rings is 1. The first-order valence-electron chi connectivity index (χ1n) is 7.57. The Labute approximate surface area is 125 Å². The van der Waals surface area contributed by atoms with Crippen LogP contribution in [0.25, 0.3) is 10.9 Å². The molecular weight excluding hydrogens is 268 g/mol. The van der Waals surface area contributed by atoms with Crippen molar-refractivity contribution < 1.29 is 0 Å². The lowest BCUT2D eigenvalue weighted by molar-refractivity contribution is 0.327. The van der Waals surface area contributed by atoms with Crippen LogP contribution in [0.2, 0.25) is 5.02 Å². The van der Waals surface area contributed by atoms with Gasteiger partial charge in [-0.25, -0.2) is 0 Å². The van der Waals surface area contributed by atoms with Crippen LogP contribution in [-0.4, -0.2) is 11.0 Å². The first-order valence-corrected chi connectivity index (χ1v) is 7.95. The smallest absolute Gasteiger partial charge is 0.0948 e. The van der Waals surface area contributed by atoms with E-state index in [2.05, 4.69) is 23.3 Å². The molecule has 0 bridgehead atoms. The van der Waals surface area contributed by atoms with Gasteiger partial charge in [-0.1, -0.05) is 37.8 Å². The SMILES string of the molecule is CCC1CCCC(Nc2ccc(Cl)c3cccnc23)C1. The molecule has 2 atom stereocenters. The Hall–Kier alpha value is -1.28. The van der Waals surface area contributed by atoms with E-state index in [1.54, 1.807) is 0 Å². The highest BCUT2D eigenvalue weighted by Crippen LogP contribution is 2.32. The van der Waals surface area contributed by atoms with Gasteiger partial charge in [-0.15, -0.1) is 0 Å². The van der Waals surface area contributed by atoms with Gasteiger partial charge in [0.25, 0.3) is 0 Å². The van der Waals surface area contributed by atoms with E-state index >= 15 is 0 Å². The van der Waals surface area contributed by atoms with Gasteiger partial charge in [0.1, 0.15) is 0 Å². The number of anilines is 1. The molecule has 20 heavy (non-hydrogen) atoms. The lowest BCUT2D eigenvalue weighted by atomic mass is 9.84. The van der Waals surface area contributed by atoms with Gasteiger partial charge >= 0.3 is 0 Å². The quantitative estimate of drug-likeness (QED) is 0.832. The zero-order valence-corrected chi connectivity index (χ0v) is 12.7. The van der Waals surface area contributed by atoms with Gasteiger partial charge in [0.2, 0.25) is 0 Å². The normalized spacial score (nSPS) is 22.9. The molecule has 1 saturated carbocycles. The number of benzene rings is 1. The molecule has 0 spiro atoms. The van der Waals surface area contributed by atoms with Crippen molar-refractivity contribution in [3.63, 3.8) is 0 Å². The highest BCUT2D eigenvalue weighted by atomic mass is 35.5. The van der Waals surface area contributed by atoms with Crippen LogP contribution in [0.4, 0.5) is 5.69 Å². The lowest BCUT2D eigenvalue weighted by Crippen LogP contribution is -2.27. The van der Waals surface area contributed by atoms with Crippen LogP contribution in [0.15, 0.2) is 30.5 Å². The van der Waals surface area contributed by atoms with E-state index in [0.29, 0.717) is 6.04 Å². The molecule has 2 nitrogen and oxygen atoms in total. The van der Waals surface area contributed by atoms with E-state index < -0.39 is 0 Å². The minimum Gasteiger partial charge on any atom is -0.381 e. The average Bonchev–Trinajstić information content (AvgIpc) is 2.51. The van der Waals surface area contributed by atoms with Crippen molar-refractivity contribution in [3.05, 3.63) is 35.5 Å². The number of nitrogens with one attached hydrogen (secondary N) is 1. The number of nitrogens with zero attached hydrogens (tertiary/aromatic N) is 1. The molecular formula is C17H21ClN2. The summed E-state index contributed by atoms with van der Waals surface area (Å²) in [6.45, 7) is 2.30. The van der Waals surface area contributed by atoms with E-state index in [0.717, 1.165) is 27.5 Å². The maximum Gasteiger partial charge on any atom is 0.0948 e. The summed E-state index contributed by atoms with van der Waals surface area (Å²) in [5.74, 6) is 0.868. The third kappa shape index (κ3) is 2.76. The Morgan fingerprint density at radius 1 is 1.30 bits per heavy atom. The predicted octanol–water partition coefficient (Wildman–Crippen LogP) is 5.27. The summed E-state index contributed by atoms with van der Waals surface area (Å²) in [7, 11) is 0. The Kier molecular flexibility index (Phi) is 4.11. The van der Waals surface area contributed by atoms with Gasteiger partial charge in [0, 0.05) is 17.6 Å². The molecule has 3 rings (SSSR count). The maximum atomic E-state index is 6.25. The fraction of sp³-hybridized carbons (Fsp3) is 0.471. The van der Waals surface area contributed by atoms with Gasteiger partial charge < -0.3 is 5.32 Å². The van der Waals surface area contributed by atoms with E-state index in [4.69, 9.17) is 11.6 Å². The molecule has 1 aromatic heterocycles. The summed E-state index contributed by atoms with van der Waals surface area (Å²) in [6.07, 6.45) is 8.36. The minimum absolute atomic E-state index is 0.570. The summed E-state index contributed by atoms with van der Waals surface area (Å²) in [5, 5.41) is 5.50. The van der Waals surface area contributed by atoms with Crippen LogP contribution in [-0.2, 0) is 0 Å². The molecule has 0 saturated heterocycles. The van der Waals surface area contributed by atoms with E-state index in [1.807, 2.05) is 24.4 Å². The van der Waals surface area contributed by atoms with Crippen molar-refractivity contribution >= 4 is 28.2 Å². The fourth-order valence-electron chi connectivity index (χ4n) is 3.27. The van der Waals surface area contributed by atoms with Crippen LogP contribution in [0.5, 0.6) is 0 Å². The van der Waals surface area contributed by atoms with Gasteiger partial charge in [0.15, 0.2) is 0 Å². The topological polar surface area (TPSA) is 24.9 Å². The summed E-state index contributed by atoms with van der Waals surface area (Å²) in [5.41, 5.74) is 2.10. The van der Waals surface area contributed by atoms with E-state index in [-0.39, 0.29) is 0 Å². The van der Waals surface area contributed by atoms with E-state index in [9.17, 15) is 0 Å². The number of hydrogen-bond donors (Lipinski definition) is 1. The molecule has 1 heterocycles. The van der Waals surface area contributed by atoms with Gasteiger partial charge in [-0.2, -0.15) is 0 Å². The first kappa shape index (κ1) is 13.7. The second kappa shape index (κ2) is 6.01.